The number of urea groups is 1. The molecule has 2 bridgehead atoms. The number of carbonyl (C=O) groups is 3. The van der Waals surface area contributed by atoms with Crippen LogP contribution >= 0.6 is 0 Å². The molecule has 1 aromatic rings. The summed E-state index contributed by atoms with van der Waals surface area (Å²) in [6.45, 7) is 3.34. The van der Waals surface area contributed by atoms with Crippen molar-refractivity contribution >= 4 is 17.9 Å². The van der Waals surface area contributed by atoms with Crippen LogP contribution in [-0.4, -0.2) is 63.6 Å². The average Bonchev–Trinajstić information content (AvgIpc) is 3.15. The predicted molar refractivity (Wildman–Crippen MR) is 79.7 cm³/mol. The zero-order chi connectivity index (χ0) is 19.0. The van der Waals surface area contributed by atoms with E-state index in [4.69, 9.17) is 15.0 Å². The number of nitrogens with zero attached hydrogens (tertiary/aromatic N) is 4. The highest BCUT2D eigenvalue weighted by Crippen LogP contribution is 2.38. The van der Waals surface area contributed by atoms with Crippen LogP contribution in [0.1, 0.15) is 36.5 Å². The average molecular weight is 369 g/mol. The van der Waals surface area contributed by atoms with Gasteiger partial charge in [0.2, 0.25) is 5.89 Å². The van der Waals surface area contributed by atoms with Crippen LogP contribution in [0.5, 0.6) is 0 Å². The van der Waals surface area contributed by atoms with E-state index < -0.39 is 36.3 Å². The van der Waals surface area contributed by atoms with E-state index in [1.807, 2.05) is 0 Å². The van der Waals surface area contributed by atoms with Gasteiger partial charge in [-0.2, -0.15) is 5.06 Å². The lowest BCUT2D eigenvalue weighted by Gasteiger charge is -2.27. The minimum atomic E-state index is -2.43. The molecule has 1 aromatic heterocycles. The van der Waals surface area contributed by atoms with Gasteiger partial charge in [-0.05, 0) is 19.4 Å². The number of aromatic nitrogens is 2. The molecule has 3 atom stereocenters. The van der Waals surface area contributed by atoms with E-state index in [1.165, 1.54) is 11.8 Å². The number of hydrogen-bond acceptors (Lipinski definition) is 8. The monoisotopic (exact) mass is 369 g/mol. The summed E-state index contributed by atoms with van der Waals surface area (Å²) in [6.07, 6.45) is -0.783. The van der Waals surface area contributed by atoms with Gasteiger partial charge in [0.05, 0.1) is 19.2 Å². The molecule has 2 aliphatic heterocycles. The molecule has 12 heteroatoms. The number of hydrogen-bond donors (Lipinski definition) is 1. The van der Waals surface area contributed by atoms with E-state index in [0.29, 0.717) is 5.57 Å². The number of nitrogens with two attached hydrogens (primary N) is 1. The van der Waals surface area contributed by atoms with Crippen LogP contribution in [-0.2, 0) is 14.4 Å². The van der Waals surface area contributed by atoms with Gasteiger partial charge in [-0.25, -0.2) is 18.8 Å². The number of carbonyl (C=O) groups excluding carboxylic acids is 3. The highest BCUT2D eigenvalue weighted by Gasteiger charge is 2.48. The number of rotatable bonds is 6. The van der Waals surface area contributed by atoms with Gasteiger partial charge in [-0.3, -0.25) is 4.79 Å². The summed E-state index contributed by atoms with van der Waals surface area (Å²) in [5.74, 6) is -2.52. The molecule has 26 heavy (non-hydrogen) atoms. The standard InChI is InChI=1S/C14H16FN5O6/c1-3-24-13(22)9(15)26-20-7-4-6(2)8(19(5-7)14(20)23)11-17-18-12(25-11)10(16)21/h4,7-9H,3,5H2,1-2H3,(H2,16,21)/t7?,8-,9?/m0/s1. The maximum Gasteiger partial charge on any atom is 0.370 e. The Hall–Kier alpha value is -3.02. The first kappa shape index (κ1) is 17.8. The van der Waals surface area contributed by atoms with Gasteiger partial charge >= 0.3 is 30.2 Å². The van der Waals surface area contributed by atoms with Crippen molar-refractivity contribution in [1.29, 1.82) is 0 Å². The van der Waals surface area contributed by atoms with Crippen LogP contribution in [0.15, 0.2) is 16.1 Å². The molecule has 0 spiro atoms. The Morgan fingerprint density at radius 1 is 1.50 bits per heavy atom. The quantitative estimate of drug-likeness (QED) is 0.548. The van der Waals surface area contributed by atoms with E-state index in [0.717, 1.165) is 5.06 Å². The van der Waals surface area contributed by atoms with Crippen molar-refractivity contribution in [1.82, 2.24) is 20.2 Å². The molecule has 140 valence electrons. The second kappa shape index (κ2) is 6.71. The number of primary amides is 1. The van der Waals surface area contributed by atoms with Crippen LogP contribution < -0.4 is 5.73 Å². The summed E-state index contributed by atoms with van der Waals surface area (Å²) < 4.78 is 23.6. The van der Waals surface area contributed by atoms with E-state index in [1.54, 1.807) is 13.0 Å². The summed E-state index contributed by atoms with van der Waals surface area (Å²) in [5, 5.41) is 8.02. The third-order valence-electron chi connectivity index (χ3n) is 3.88. The fourth-order valence-corrected chi connectivity index (χ4v) is 2.85. The molecule has 1 fully saturated rings. The highest BCUT2D eigenvalue weighted by molar-refractivity contribution is 5.87. The Bertz CT molecular complexity index is 780. The number of hydroxylamine groups is 2. The van der Waals surface area contributed by atoms with Gasteiger partial charge in [0.25, 0.3) is 0 Å². The van der Waals surface area contributed by atoms with Gasteiger partial charge in [0.1, 0.15) is 6.04 Å². The Kier molecular flexibility index (Phi) is 4.59. The van der Waals surface area contributed by atoms with Crippen LogP contribution in [0, 0.1) is 0 Å². The van der Waals surface area contributed by atoms with E-state index in [9.17, 15) is 18.8 Å². The van der Waals surface area contributed by atoms with Gasteiger partial charge in [0.15, 0.2) is 0 Å². The van der Waals surface area contributed by atoms with Gasteiger partial charge in [-0.15, -0.1) is 10.2 Å². The van der Waals surface area contributed by atoms with E-state index in [2.05, 4.69) is 14.9 Å². The summed E-state index contributed by atoms with van der Waals surface area (Å²) >= 11 is 0. The van der Waals surface area contributed by atoms with E-state index >= 15 is 0 Å². The van der Waals surface area contributed by atoms with Crippen LogP contribution in [0.2, 0.25) is 0 Å². The molecule has 0 saturated carbocycles. The van der Waals surface area contributed by atoms with Crippen molar-refractivity contribution in [2.24, 2.45) is 5.73 Å². The number of ether oxygens (including phenoxy) is 1. The molecule has 11 nitrogen and oxygen atoms in total. The first-order chi connectivity index (χ1) is 12.3. The minimum absolute atomic E-state index is 0.0107. The number of halogens is 1. The molecular weight excluding hydrogens is 353 g/mol. The molecule has 3 rings (SSSR count). The lowest BCUT2D eigenvalue weighted by molar-refractivity contribution is -0.223. The Labute approximate surface area is 146 Å². The zero-order valence-corrected chi connectivity index (χ0v) is 13.9. The van der Waals surface area contributed by atoms with Crippen molar-refractivity contribution in [3.63, 3.8) is 0 Å². The highest BCUT2D eigenvalue weighted by atomic mass is 19.1. The van der Waals surface area contributed by atoms with Gasteiger partial charge in [0, 0.05) is 0 Å². The SMILES string of the molecule is CCOC(=O)C(F)ON1C(=O)N2CC1C=C(C)[C@H]2c1nnc(C(N)=O)o1. The third kappa shape index (κ3) is 2.98. The summed E-state index contributed by atoms with van der Waals surface area (Å²) in [4.78, 5) is 41.2. The molecule has 0 aliphatic carbocycles. The second-order valence-electron chi connectivity index (χ2n) is 5.62. The van der Waals surface area contributed by atoms with Gasteiger partial charge in [-0.1, -0.05) is 6.08 Å². The fraction of sp³-hybridized carbons (Fsp3) is 0.500. The molecule has 2 unspecified atom stereocenters. The first-order valence-electron chi connectivity index (χ1n) is 7.72. The van der Waals surface area contributed by atoms with Crippen LogP contribution in [0.25, 0.3) is 0 Å². The van der Waals surface area contributed by atoms with Crippen molar-refractivity contribution in [3.05, 3.63) is 23.4 Å². The Balaban J connectivity index is 1.80. The second-order valence-corrected chi connectivity index (χ2v) is 5.62. The van der Waals surface area contributed by atoms with Gasteiger partial charge < -0.3 is 19.8 Å². The predicted octanol–water partition coefficient (Wildman–Crippen LogP) is 0.0660. The maximum absolute atomic E-state index is 13.9. The Morgan fingerprint density at radius 3 is 2.85 bits per heavy atom. The van der Waals surface area contributed by atoms with Crippen LogP contribution in [0.4, 0.5) is 9.18 Å². The summed E-state index contributed by atoms with van der Waals surface area (Å²) in [5.41, 5.74) is 5.73. The third-order valence-corrected chi connectivity index (χ3v) is 3.88. The van der Waals surface area contributed by atoms with Crippen molar-refractivity contribution in [2.75, 3.05) is 13.2 Å². The lowest BCUT2D eigenvalue weighted by atomic mass is 10.0. The number of amides is 3. The molecule has 0 radical (unpaired) electrons. The lowest BCUT2D eigenvalue weighted by Crippen LogP contribution is -2.38. The molecule has 2 aliphatic rings. The van der Waals surface area contributed by atoms with Crippen molar-refractivity contribution in [2.45, 2.75) is 32.3 Å². The number of alkyl halides is 1. The van der Waals surface area contributed by atoms with E-state index in [-0.39, 0.29) is 24.9 Å². The molecule has 3 heterocycles. The first-order valence-corrected chi connectivity index (χ1v) is 7.72. The fourth-order valence-electron chi connectivity index (χ4n) is 2.85. The molecule has 2 N–H and O–H groups in total. The molecular formula is C14H16FN5O6. The summed E-state index contributed by atoms with van der Waals surface area (Å²) in [7, 11) is 0. The topological polar surface area (TPSA) is 141 Å². The smallest absolute Gasteiger partial charge is 0.370 e. The molecule has 1 saturated heterocycles. The largest absolute Gasteiger partial charge is 0.462 e. The van der Waals surface area contributed by atoms with Crippen LogP contribution in [0.3, 0.4) is 0 Å². The Morgan fingerprint density at radius 2 is 2.23 bits per heavy atom. The van der Waals surface area contributed by atoms with Crippen molar-refractivity contribution < 1.29 is 32.8 Å². The number of fused-ring (bicyclic) bond motifs is 2. The maximum atomic E-state index is 13.9. The summed E-state index contributed by atoms with van der Waals surface area (Å²) in [6, 6.07) is -2.06. The molecule has 0 aromatic carbocycles. The normalized spacial score (nSPS) is 23.0. The minimum Gasteiger partial charge on any atom is -0.462 e. The van der Waals surface area contributed by atoms with Crippen molar-refractivity contribution in [3.8, 4) is 0 Å². The molecule has 3 amide bonds. The zero-order valence-electron chi connectivity index (χ0n) is 13.9. The number of esters is 1.